The van der Waals surface area contributed by atoms with Crippen molar-refractivity contribution in [2.45, 2.75) is 0 Å². The molecule has 2 rings (SSSR count). The van der Waals surface area contributed by atoms with Gasteiger partial charge in [0.15, 0.2) is 0 Å². The molecule has 0 saturated heterocycles. The normalized spacial score (nSPS) is 10.5. The molecule has 0 aliphatic rings. The van der Waals surface area contributed by atoms with E-state index in [0.717, 1.165) is 12.1 Å². The number of carboxylic acid groups (broad SMARTS) is 1. The van der Waals surface area contributed by atoms with Crippen LogP contribution in [0.5, 0.6) is 0 Å². The number of benzene rings is 2. The van der Waals surface area contributed by atoms with E-state index >= 15 is 0 Å². The van der Waals surface area contributed by atoms with Gasteiger partial charge >= 0.3 is 5.97 Å². The minimum atomic E-state index is -1.45. The quantitative estimate of drug-likeness (QED) is 0.757. The van der Waals surface area contributed by atoms with E-state index in [2.05, 4.69) is 5.32 Å². The van der Waals surface area contributed by atoms with Gasteiger partial charge in [-0.15, -0.1) is 0 Å². The molecule has 0 heterocycles. The monoisotopic (exact) mass is 312 g/mol. The molecule has 21 heavy (non-hydrogen) atoms. The molecule has 4 N–H and O–H groups in total. The van der Waals surface area contributed by atoms with Gasteiger partial charge in [-0.05, 0) is 23.8 Å². The van der Waals surface area contributed by atoms with Crippen molar-refractivity contribution in [1.29, 1.82) is 0 Å². The fourth-order valence-electron chi connectivity index (χ4n) is 2.03. The van der Waals surface area contributed by atoms with E-state index in [1.54, 1.807) is 0 Å². The minimum absolute atomic E-state index is 0.0618. The maximum absolute atomic E-state index is 14.5. The lowest BCUT2D eigenvalue weighted by atomic mass is 9.98. The summed E-state index contributed by atoms with van der Waals surface area (Å²) in [6.45, 7) is 0. The number of anilines is 2. The van der Waals surface area contributed by atoms with Crippen molar-refractivity contribution in [2.24, 2.45) is 0 Å². The third kappa shape index (κ3) is 2.62. The van der Waals surface area contributed by atoms with Gasteiger partial charge in [0, 0.05) is 12.6 Å². The molecule has 0 atom stereocenters. The lowest BCUT2D eigenvalue weighted by Gasteiger charge is -2.15. The van der Waals surface area contributed by atoms with Gasteiger partial charge in [0.25, 0.3) is 0 Å². The van der Waals surface area contributed by atoms with Gasteiger partial charge in [-0.3, -0.25) is 0 Å². The first kappa shape index (κ1) is 15.1. The van der Waals surface area contributed by atoms with Gasteiger partial charge in [-0.2, -0.15) is 0 Å². The zero-order valence-electron chi connectivity index (χ0n) is 10.9. The Morgan fingerprint density at radius 3 is 2.52 bits per heavy atom. The van der Waals surface area contributed by atoms with Crippen molar-refractivity contribution in [3.05, 3.63) is 46.5 Å². The van der Waals surface area contributed by atoms with Crippen LogP contribution in [0.3, 0.4) is 0 Å². The first-order chi connectivity index (χ1) is 9.86. The van der Waals surface area contributed by atoms with Crippen LogP contribution in [0.2, 0.25) is 5.02 Å². The molecule has 0 bridgehead atoms. The largest absolute Gasteiger partial charge is 0.478 e. The van der Waals surface area contributed by atoms with Crippen LogP contribution in [0, 0.1) is 11.6 Å². The summed E-state index contributed by atoms with van der Waals surface area (Å²) in [5.41, 5.74) is 5.60. The fourth-order valence-corrected chi connectivity index (χ4v) is 2.21. The van der Waals surface area contributed by atoms with Crippen molar-refractivity contribution in [2.75, 3.05) is 18.1 Å². The topological polar surface area (TPSA) is 75.3 Å². The number of nitrogen functional groups attached to an aromatic ring is 1. The number of halogens is 3. The summed E-state index contributed by atoms with van der Waals surface area (Å²) >= 11 is 5.69. The van der Waals surface area contributed by atoms with E-state index in [1.165, 1.54) is 19.2 Å². The zero-order valence-corrected chi connectivity index (χ0v) is 11.6. The van der Waals surface area contributed by atoms with Gasteiger partial charge in [-0.1, -0.05) is 17.7 Å². The summed E-state index contributed by atoms with van der Waals surface area (Å²) in [4.78, 5) is 11.1. The van der Waals surface area contributed by atoms with Crippen LogP contribution >= 0.6 is 11.6 Å². The van der Waals surface area contributed by atoms with Crippen LogP contribution in [0.15, 0.2) is 24.3 Å². The Bertz CT molecular complexity index is 735. The van der Waals surface area contributed by atoms with Crippen molar-refractivity contribution >= 4 is 28.9 Å². The number of hydrogen-bond donors (Lipinski definition) is 3. The zero-order chi connectivity index (χ0) is 15.7. The Morgan fingerprint density at radius 2 is 2.00 bits per heavy atom. The van der Waals surface area contributed by atoms with Gasteiger partial charge in [0.2, 0.25) is 0 Å². The number of aromatic carboxylic acids is 1. The van der Waals surface area contributed by atoms with Gasteiger partial charge in [0.05, 0.1) is 22.0 Å². The predicted molar refractivity (Wildman–Crippen MR) is 77.7 cm³/mol. The van der Waals surface area contributed by atoms with E-state index in [-0.39, 0.29) is 27.5 Å². The maximum atomic E-state index is 14.5. The molecule has 0 aromatic heterocycles. The van der Waals surface area contributed by atoms with Crippen molar-refractivity contribution in [3.63, 3.8) is 0 Å². The van der Waals surface area contributed by atoms with E-state index in [9.17, 15) is 13.6 Å². The molecule has 0 radical (unpaired) electrons. The first-order valence-electron chi connectivity index (χ1n) is 5.85. The van der Waals surface area contributed by atoms with Crippen LogP contribution < -0.4 is 11.1 Å². The molecule has 4 nitrogen and oxygen atoms in total. The van der Waals surface area contributed by atoms with Crippen LogP contribution in [0.1, 0.15) is 10.4 Å². The summed E-state index contributed by atoms with van der Waals surface area (Å²) in [5, 5.41) is 11.5. The third-order valence-corrected chi connectivity index (χ3v) is 3.27. The Balaban J connectivity index is 2.82. The molecule has 7 heteroatoms. The molecule has 0 aliphatic heterocycles. The Kier molecular flexibility index (Phi) is 3.99. The summed E-state index contributed by atoms with van der Waals surface area (Å²) < 4.78 is 27.7. The van der Waals surface area contributed by atoms with Crippen LogP contribution in [-0.4, -0.2) is 18.1 Å². The first-order valence-corrected chi connectivity index (χ1v) is 6.23. The lowest BCUT2D eigenvalue weighted by Crippen LogP contribution is -2.08. The highest BCUT2D eigenvalue weighted by molar-refractivity contribution is 6.31. The third-order valence-electron chi connectivity index (χ3n) is 2.98. The number of nitrogens with two attached hydrogens (primary N) is 1. The molecule has 0 aliphatic carbocycles. The van der Waals surface area contributed by atoms with Gasteiger partial charge in [-0.25, -0.2) is 13.6 Å². The Hall–Kier alpha value is -2.34. The van der Waals surface area contributed by atoms with E-state index in [0.29, 0.717) is 0 Å². The van der Waals surface area contributed by atoms with Crippen molar-refractivity contribution in [1.82, 2.24) is 0 Å². The SMILES string of the molecule is CNc1c(N)cc(C(=O)O)c(F)c1-c1ccc(F)c(Cl)c1. The average molecular weight is 313 g/mol. The summed E-state index contributed by atoms with van der Waals surface area (Å²) in [7, 11) is 1.51. The summed E-state index contributed by atoms with van der Waals surface area (Å²) in [5.74, 6) is -3.07. The minimum Gasteiger partial charge on any atom is -0.478 e. The molecule has 0 unspecified atom stereocenters. The molecule has 2 aromatic carbocycles. The van der Waals surface area contributed by atoms with Crippen molar-refractivity contribution in [3.8, 4) is 11.1 Å². The molecule has 0 amide bonds. The maximum Gasteiger partial charge on any atom is 0.338 e. The van der Waals surface area contributed by atoms with Crippen LogP contribution in [0.25, 0.3) is 11.1 Å². The summed E-state index contributed by atoms with van der Waals surface area (Å²) in [6, 6.07) is 4.60. The Labute approximate surface area is 124 Å². The number of hydrogen-bond acceptors (Lipinski definition) is 3. The highest BCUT2D eigenvalue weighted by atomic mass is 35.5. The number of carboxylic acids is 1. The standard InChI is InChI=1S/C14H11ClF2N2O2/c1-19-13-10(18)5-7(14(20)21)12(17)11(13)6-2-3-9(16)8(15)4-6/h2-5,19H,18H2,1H3,(H,20,21). The smallest absolute Gasteiger partial charge is 0.338 e. The van der Waals surface area contributed by atoms with E-state index < -0.39 is 23.2 Å². The second-order valence-electron chi connectivity index (χ2n) is 4.26. The highest BCUT2D eigenvalue weighted by Gasteiger charge is 2.22. The van der Waals surface area contributed by atoms with Crippen LogP contribution in [-0.2, 0) is 0 Å². The molecular weight excluding hydrogens is 302 g/mol. The average Bonchev–Trinajstić information content (AvgIpc) is 2.43. The summed E-state index contributed by atoms with van der Waals surface area (Å²) in [6.07, 6.45) is 0. The van der Waals surface area contributed by atoms with E-state index in [1.807, 2.05) is 0 Å². The molecular formula is C14H11ClF2N2O2. The predicted octanol–water partition coefficient (Wildman–Crippen LogP) is 3.61. The fraction of sp³-hybridized carbons (Fsp3) is 0.0714. The van der Waals surface area contributed by atoms with Crippen molar-refractivity contribution < 1.29 is 18.7 Å². The van der Waals surface area contributed by atoms with Gasteiger partial charge in [0.1, 0.15) is 11.6 Å². The van der Waals surface area contributed by atoms with Gasteiger partial charge < -0.3 is 16.2 Å². The second kappa shape index (κ2) is 5.57. The van der Waals surface area contributed by atoms with Crippen LogP contribution in [0.4, 0.5) is 20.2 Å². The number of nitrogens with one attached hydrogen (secondary N) is 1. The highest BCUT2D eigenvalue weighted by Crippen LogP contribution is 2.38. The molecule has 2 aromatic rings. The molecule has 0 saturated carbocycles. The number of carbonyl (C=O) groups is 1. The molecule has 0 spiro atoms. The second-order valence-corrected chi connectivity index (χ2v) is 4.67. The Morgan fingerprint density at radius 1 is 1.33 bits per heavy atom. The lowest BCUT2D eigenvalue weighted by molar-refractivity contribution is 0.0692. The number of rotatable bonds is 3. The molecule has 110 valence electrons. The molecule has 0 fully saturated rings. The van der Waals surface area contributed by atoms with E-state index in [4.69, 9.17) is 22.4 Å².